The average Bonchev–Trinajstić information content (AvgIpc) is 3.51. The van der Waals surface area contributed by atoms with Crippen molar-refractivity contribution in [2.24, 2.45) is 11.3 Å². The lowest BCUT2D eigenvalue weighted by Gasteiger charge is -2.47. The SMILES string of the molecule is CC.COc1nc(-c2c(C)c(Cl)cc(N)c2C=N)c(F)c2nc(OCC34CCCC3N(CC3CCOCC3)CCC4)nc(N3CCOCC(C)(O)C3)c12. The number of nitrogens with zero attached hydrogens (tertiary/aromatic N) is 5. The number of pyridine rings is 1. The van der Waals surface area contributed by atoms with E-state index in [1.807, 2.05) is 18.7 Å². The molecule has 290 valence electrons. The second-order valence-corrected chi connectivity index (χ2v) is 15.4. The summed E-state index contributed by atoms with van der Waals surface area (Å²) in [5, 5.41) is 19.8. The van der Waals surface area contributed by atoms with Gasteiger partial charge < -0.3 is 40.1 Å². The predicted molar refractivity (Wildman–Crippen MR) is 206 cm³/mol. The number of anilines is 2. The lowest BCUT2D eigenvalue weighted by Crippen LogP contribution is -2.53. The van der Waals surface area contributed by atoms with E-state index in [0.717, 1.165) is 77.5 Å². The number of β-amino-alcohol motifs (C(OH)–C–C–N with tert-alkyl or cyclic N) is 1. The number of ether oxygens (including phenoxy) is 4. The van der Waals surface area contributed by atoms with E-state index >= 15 is 4.39 Å². The molecule has 1 saturated carbocycles. The standard InChI is InChI=1S/C37H49ClFN7O5.C2H6/c1-22-25(38)16-26(41)24(17-40)28(22)31-30(39)32-29(34(42-31)48-3)33(46-12-15-50-20-36(2,47)19-46)44-35(43-32)51-21-37-9-4-6-27(37)45(11-5-10-37)18-23-7-13-49-14-8-23;1-2/h16-17,23,27,40,47H,4-15,18-21,41H2,1-3H3;1-2H3. The molecule has 0 spiro atoms. The number of nitrogen functional groups attached to an aromatic ring is 1. The summed E-state index contributed by atoms with van der Waals surface area (Å²) in [4.78, 5) is 18.8. The molecule has 0 radical (unpaired) electrons. The predicted octanol–water partition coefficient (Wildman–Crippen LogP) is 6.44. The third-order valence-electron chi connectivity index (χ3n) is 11.4. The van der Waals surface area contributed by atoms with Crippen LogP contribution in [0.3, 0.4) is 0 Å². The number of methoxy groups -OCH3 is 1. The average molecular weight is 756 g/mol. The number of piperidine rings is 1. The summed E-state index contributed by atoms with van der Waals surface area (Å²) < 4.78 is 40.9. The molecule has 12 nitrogen and oxygen atoms in total. The first-order valence-corrected chi connectivity index (χ1v) is 19.5. The van der Waals surface area contributed by atoms with Crippen LogP contribution in [0.2, 0.25) is 5.02 Å². The van der Waals surface area contributed by atoms with Crippen molar-refractivity contribution >= 4 is 40.2 Å². The Balaban J connectivity index is 0.00000236. The van der Waals surface area contributed by atoms with Crippen molar-refractivity contribution in [1.29, 1.82) is 5.41 Å². The number of halogens is 2. The maximum absolute atomic E-state index is 17.1. The smallest absolute Gasteiger partial charge is 0.319 e. The molecule has 0 bridgehead atoms. The molecular weight excluding hydrogens is 701 g/mol. The molecule has 3 aliphatic heterocycles. The molecule has 53 heavy (non-hydrogen) atoms. The van der Waals surface area contributed by atoms with Gasteiger partial charge in [0.15, 0.2) is 5.82 Å². The first-order chi connectivity index (χ1) is 25.5. The van der Waals surface area contributed by atoms with Gasteiger partial charge >= 0.3 is 6.01 Å². The zero-order chi connectivity index (χ0) is 37.9. The summed E-state index contributed by atoms with van der Waals surface area (Å²) >= 11 is 6.53. The summed E-state index contributed by atoms with van der Waals surface area (Å²) in [6.45, 7) is 12.7. The highest BCUT2D eigenvalue weighted by Crippen LogP contribution is 2.49. The highest BCUT2D eigenvalue weighted by molar-refractivity contribution is 6.32. The summed E-state index contributed by atoms with van der Waals surface area (Å²) in [6, 6.07) is 1.98. The maximum atomic E-state index is 17.1. The van der Waals surface area contributed by atoms with Crippen LogP contribution in [0.25, 0.3) is 22.2 Å². The molecule has 1 aromatic carbocycles. The first kappa shape index (κ1) is 39.3. The number of hydrogen-bond acceptors (Lipinski definition) is 12. The van der Waals surface area contributed by atoms with E-state index in [4.69, 9.17) is 51.7 Å². The fourth-order valence-corrected chi connectivity index (χ4v) is 9.05. The summed E-state index contributed by atoms with van der Waals surface area (Å²) in [6.07, 6.45) is 8.71. The minimum absolute atomic E-state index is 0.0385. The van der Waals surface area contributed by atoms with Crippen LogP contribution in [0, 0.1) is 29.5 Å². The minimum atomic E-state index is -1.20. The Kier molecular flexibility index (Phi) is 12.3. The van der Waals surface area contributed by atoms with Crippen molar-refractivity contribution in [2.45, 2.75) is 84.3 Å². The minimum Gasteiger partial charge on any atom is -0.480 e. The van der Waals surface area contributed by atoms with Gasteiger partial charge in [0.1, 0.15) is 28.0 Å². The van der Waals surface area contributed by atoms with E-state index in [1.165, 1.54) is 7.11 Å². The van der Waals surface area contributed by atoms with Crippen molar-refractivity contribution in [3.63, 3.8) is 0 Å². The fraction of sp³-hybridized carbons (Fsp3) is 0.641. The van der Waals surface area contributed by atoms with Gasteiger partial charge in [0.05, 0.1) is 33.5 Å². The Bertz CT molecular complexity index is 1790. The van der Waals surface area contributed by atoms with Gasteiger partial charge in [-0.2, -0.15) is 9.97 Å². The molecule has 14 heteroatoms. The largest absolute Gasteiger partial charge is 0.480 e. The van der Waals surface area contributed by atoms with Crippen molar-refractivity contribution in [2.75, 3.05) is 77.0 Å². The molecule has 3 aromatic rings. The Labute approximate surface area is 317 Å². The zero-order valence-electron chi connectivity index (χ0n) is 31.8. The number of nitrogens with one attached hydrogen (secondary N) is 1. The van der Waals surface area contributed by atoms with Gasteiger partial charge in [-0.1, -0.05) is 31.9 Å². The Morgan fingerprint density at radius 2 is 1.87 bits per heavy atom. The number of hydrogen-bond donors (Lipinski definition) is 3. The van der Waals surface area contributed by atoms with Gasteiger partial charge in [0.2, 0.25) is 5.88 Å². The molecule has 0 amide bonds. The molecule has 3 unspecified atom stereocenters. The zero-order valence-corrected chi connectivity index (χ0v) is 32.5. The van der Waals surface area contributed by atoms with Crippen molar-refractivity contribution in [1.82, 2.24) is 19.9 Å². The van der Waals surface area contributed by atoms with Gasteiger partial charge in [0, 0.05) is 65.8 Å². The van der Waals surface area contributed by atoms with E-state index < -0.39 is 11.4 Å². The molecule has 2 aromatic heterocycles. The van der Waals surface area contributed by atoms with Crippen LogP contribution < -0.4 is 20.1 Å². The van der Waals surface area contributed by atoms with Crippen molar-refractivity contribution in [3.8, 4) is 23.1 Å². The van der Waals surface area contributed by atoms with E-state index in [1.54, 1.807) is 19.9 Å². The van der Waals surface area contributed by atoms with Crippen LogP contribution in [0.4, 0.5) is 15.9 Å². The van der Waals surface area contributed by atoms with Crippen LogP contribution in [0.5, 0.6) is 11.9 Å². The molecule has 3 saturated heterocycles. The van der Waals surface area contributed by atoms with Crippen LogP contribution >= 0.6 is 11.6 Å². The van der Waals surface area contributed by atoms with Crippen LogP contribution in [0.15, 0.2) is 6.07 Å². The molecular formula is C39H55ClFN7O5. The van der Waals surface area contributed by atoms with Crippen LogP contribution in [0.1, 0.15) is 76.8 Å². The molecule has 5 heterocycles. The van der Waals surface area contributed by atoms with E-state index in [-0.39, 0.29) is 63.9 Å². The van der Waals surface area contributed by atoms with Crippen molar-refractivity contribution < 1.29 is 28.4 Å². The number of nitrogens with two attached hydrogens (primary N) is 1. The second-order valence-electron chi connectivity index (χ2n) is 15.0. The van der Waals surface area contributed by atoms with E-state index in [9.17, 15) is 5.11 Å². The number of aromatic nitrogens is 3. The molecule has 4 N–H and O–H groups in total. The van der Waals surface area contributed by atoms with Gasteiger partial charge in [0.25, 0.3) is 0 Å². The maximum Gasteiger partial charge on any atom is 0.319 e. The Morgan fingerprint density at radius 1 is 1.11 bits per heavy atom. The van der Waals surface area contributed by atoms with Gasteiger partial charge in [-0.3, -0.25) is 4.90 Å². The lowest BCUT2D eigenvalue weighted by molar-refractivity contribution is -0.0203. The normalized spacial score (nSPS) is 25.4. The topological polar surface area (TPSA) is 152 Å². The van der Waals surface area contributed by atoms with Crippen LogP contribution in [-0.2, 0) is 9.47 Å². The van der Waals surface area contributed by atoms with Crippen LogP contribution in [-0.4, -0.2) is 109 Å². The number of fused-ring (bicyclic) bond motifs is 2. The Hall–Kier alpha value is -3.36. The van der Waals surface area contributed by atoms with Gasteiger partial charge in [-0.25, -0.2) is 9.37 Å². The molecule has 1 aliphatic carbocycles. The lowest BCUT2D eigenvalue weighted by atomic mass is 9.75. The molecule has 3 atom stereocenters. The third-order valence-corrected chi connectivity index (χ3v) is 11.8. The number of likely N-dealkylation sites (tertiary alicyclic amines) is 1. The van der Waals surface area contributed by atoms with Gasteiger partial charge in [-0.15, -0.1) is 0 Å². The molecule has 4 fully saturated rings. The number of aliphatic hydroxyl groups is 1. The van der Waals surface area contributed by atoms with Gasteiger partial charge in [-0.05, 0) is 76.5 Å². The third kappa shape index (κ3) is 7.91. The second kappa shape index (κ2) is 16.6. The highest BCUT2D eigenvalue weighted by atomic mass is 35.5. The number of rotatable bonds is 9. The monoisotopic (exact) mass is 755 g/mol. The number of benzene rings is 1. The molecule has 4 aliphatic rings. The summed E-state index contributed by atoms with van der Waals surface area (Å²) in [7, 11) is 1.45. The van der Waals surface area contributed by atoms with E-state index in [0.29, 0.717) is 48.1 Å². The quantitative estimate of drug-likeness (QED) is 0.164. The highest BCUT2D eigenvalue weighted by Gasteiger charge is 2.49. The Morgan fingerprint density at radius 3 is 2.60 bits per heavy atom. The summed E-state index contributed by atoms with van der Waals surface area (Å²) in [5.74, 6) is 0.300. The first-order valence-electron chi connectivity index (χ1n) is 19.1. The summed E-state index contributed by atoms with van der Waals surface area (Å²) in [5.41, 5.74) is 6.14. The van der Waals surface area contributed by atoms with Crippen molar-refractivity contribution in [3.05, 3.63) is 28.0 Å². The molecule has 7 rings (SSSR count). The fourth-order valence-electron chi connectivity index (χ4n) is 8.84. The van der Waals surface area contributed by atoms with E-state index in [2.05, 4.69) is 9.88 Å².